The number of aliphatic hydroxyl groups is 1. The van der Waals surface area contributed by atoms with Gasteiger partial charge < -0.3 is 10.0 Å². The zero-order valence-electron chi connectivity index (χ0n) is 14.0. The van der Waals surface area contributed by atoms with Crippen molar-refractivity contribution >= 4 is 0 Å². The highest BCUT2D eigenvalue weighted by Gasteiger charge is 2.16. The summed E-state index contributed by atoms with van der Waals surface area (Å²) in [5.74, 6) is 0. The number of aromatic nitrogens is 2. The van der Waals surface area contributed by atoms with Gasteiger partial charge in [0.05, 0.1) is 18.0 Å². The molecule has 0 bridgehead atoms. The van der Waals surface area contributed by atoms with Gasteiger partial charge in [0, 0.05) is 11.3 Å². The first-order chi connectivity index (χ1) is 11.3. The van der Waals surface area contributed by atoms with E-state index in [9.17, 15) is 5.11 Å². The van der Waals surface area contributed by atoms with Crippen LogP contribution in [-0.4, -0.2) is 39.4 Å². The molecule has 4 heteroatoms. The van der Waals surface area contributed by atoms with Crippen molar-refractivity contribution in [2.24, 2.45) is 0 Å². The second kappa shape index (κ2) is 7.75. The third-order valence-electron chi connectivity index (χ3n) is 4.81. The second-order valence-corrected chi connectivity index (χ2v) is 6.49. The average molecular weight is 313 g/mol. The third kappa shape index (κ3) is 4.01. The summed E-state index contributed by atoms with van der Waals surface area (Å²) in [7, 11) is 0. The standard InChI is InChI=1S/C19H27N3O/c1-16-18(15-20-22(16)17-9-4-2-5-10-17)19(23)11-8-14-21-12-6-3-7-13-21/h2,4-5,9-10,15,19,23H,3,6-8,11-14H2,1H3. The van der Waals surface area contributed by atoms with Gasteiger partial charge in [0.1, 0.15) is 0 Å². The molecular weight excluding hydrogens is 286 g/mol. The average Bonchev–Trinajstić information content (AvgIpc) is 2.98. The zero-order chi connectivity index (χ0) is 16.1. The number of nitrogens with zero attached hydrogens (tertiary/aromatic N) is 3. The zero-order valence-corrected chi connectivity index (χ0v) is 14.0. The quantitative estimate of drug-likeness (QED) is 0.887. The Morgan fingerprint density at radius 2 is 1.87 bits per heavy atom. The van der Waals surface area contributed by atoms with Crippen LogP contribution in [0.15, 0.2) is 36.5 Å². The lowest BCUT2D eigenvalue weighted by Gasteiger charge is -2.26. The van der Waals surface area contributed by atoms with Crippen molar-refractivity contribution in [3.05, 3.63) is 47.8 Å². The summed E-state index contributed by atoms with van der Waals surface area (Å²) >= 11 is 0. The van der Waals surface area contributed by atoms with Crippen LogP contribution in [-0.2, 0) is 0 Å². The molecule has 0 radical (unpaired) electrons. The molecule has 0 saturated carbocycles. The number of benzene rings is 1. The van der Waals surface area contributed by atoms with Crippen molar-refractivity contribution in [2.45, 2.75) is 45.1 Å². The summed E-state index contributed by atoms with van der Waals surface area (Å²) in [5.41, 5.74) is 3.02. The number of aliphatic hydroxyl groups excluding tert-OH is 1. The topological polar surface area (TPSA) is 41.3 Å². The van der Waals surface area contributed by atoms with Crippen LogP contribution in [0.1, 0.15) is 49.5 Å². The van der Waals surface area contributed by atoms with E-state index in [0.717, 1.165) is 36.3 Å². The number of para-hydroxylation sites is 1. The lowest BCUT2D eigenvalue weighted by atomic mass is 10.0. The Morgan fingerprint density at radius 1 is 1.13 bits per heavy atom. The molecule has 1 N–H and O–H groups in total. The third-order valence-corrected chi connectivity index (χ3v) is 4.81. The lowest BCUT2D eigenvalue weighted by Crippen LogP contribution is -2.30. The molecule has 1 aromatic carbocycles. The smallest absolute Gasteiger partial charge is 0.0823 e. The van der Waals surface area contributed by atoms with Crippen LogP contribution in [0.4, 0.5) is 0 Å². The first-order valence-electron chi connectivity index (χ1n) is 8.76. The SMILES string of the molecule is Cc1c(C(O)CCCN2CCCCC2)cnn1-c1ccccc1. The fourth-order valence-electron chi connectivity index (χ4n) is 3.43. The fourth-order valence-corrected chi connectivity index (χ4v) is 3.43. The highest BCUT2D eigenvalue weighted by atomic mass is 16.3. The van der Waals surface area contributed by atoms with Gasteiger partial charge in [-0.3, -0.25) is 0 Å². The molecule has 1 aliphatic heterocycles. The Bertz CT molecular complexity index is 602. The molecule has 1 aliphatic rings. The van der Waals surface area contributed by atoms with Crippen LogP contribution in [0.5, 0.6) is 0 Å². The maximum absolute atomic E-state index is 10.5. The van der Waals surface area contributed by atoms with Gasteiger partial charge in [-0.1, -0.05) is 24.6 Å². The van der Waals surface area contributed by atoms with Crippen LogP contribution >= 0.6 is 0 Å². The van der Waals surface area contributed by atoms with Crippen molar-refractivity contribution < 1.29 is 5.11 Å². The molecule has 1 unspecified atom stereocenters. The van der Waals surface area contributed by atoms with Gasteiger partial charge in [-0.05, 0) is 64.4 Å². The van der Waals surface area contributed by atoms with Crippen LogP contribution in [0, 0.1) is 6.92 Å². The molecule has 1 saturated heterocycles. The van der Waals surface area contributed by atoms with Gasteiger partial charge in [0.15, 0.2) is 0 Å². The van der Waals surface area contributed by atoms with Crippen molar-refractivity contribution in [1.82, 2.24) is 14.7 Å². The minimum atomic E-state index is -0.419. The summed E-state index contributed by atoms with van der Waals surface area (Å²) in [6.45, 7) is 5.58. The normalized spacial score (nSPS) is 17.3. The largest absolute Gasteiger partial charge is 0.388 e. The maximum Gasteiger partial charge on any atom is 0.0823 e. The van der Waals surface area contributed by atoms with E-state index in [2.05, 4.69) is 10.00 Å². The molecule has 23 heavy (non-hydrogen) atoms. The van der Waals surface area contributed by atoms with Crippen molar-refractivity contribution in [1.29, 1.82) is 0 Å². The second-order valence-electron chi connectivity index (χ2n) is 6.49. The minimum Gasteiger partial charge on any atom is -0.388 e. The highest BCUT2D eigenvalue weighted by Crippen LogP contribution is 2.24. The minimum absolute atomic E-state index is 0.419. The molecule has 4 nitrogen and oxygen atoms in total. The summed E-state index contributed by atoms with van der Waals surface area (Å²) in [6.07, 6.45) is 7.26. The molecule has 0 amide bonds. The summed E-state index contributed by atoms with van der Waals surface area (Å²) in [4.78, 5) is 2.52. The van der Waals surface area contributed by atoms with Crippen molar-refractivity contribution in [3.8, 4) is 5.69 Å². The fraction of sp³-hybridized carbons (Fsp3) is 0.526. The van der Waals surface area contributed by atoms with Gasteiger partial charge >= 0.3 is 0 Å². The molecule has 2 heterocycles. The molecule has 2 aromatic rings. The predicted molar refractivity (Wildman–Crippen MR) is 92.8 cm³/mol. The van der Waals surface area contributed by atoms with Gasteiger partial charge in [-0.25, -0.2) is 4.68 Å². The number of hydrogen-bond donors (Lipinski definition) is 1. The summed E-state index contributed by atoms with van der Waals surface area (Å²) < 4.78 is 1.91. The molecule has 1 atom stereocenters. The Morgan fingerprint density at radius 3 is 2.61 bits per heavy atom. The lowest BCUT2D eigenvalue weighted by molar-refractivity contribution is 0.150. The van der Waals surface area contributed by atoms with Gasteiger partial charge in [-0.2, -0.15) is 5.10 Å². The number of hydrogen-bond acceptors (Lipinski definition) is 3. The summed E-state index contributed by atoms with van der Waals surface area (Å²) in [5, 5.41) is 15.0. The Balaban J connectivity index is 1.57. The van der Waals surface area contributed by atoms with Gasteiger partial charge in [0.2, 0.25) is 0 Å². The van der Waals surface area contributed by atoms with E-state index in [0.29, 0.717) is 0 Å². The van der Waals surface area contributed by atoms with Crippen LogP contribution < -0.4 is 0 Å². The monoisotopic (exact) mass is 313 g/mol. The molecule has 0 spiro atoms. The van der Waals surface area contributed by atoms with E-state index in [1.807, 2.05) is 48.1 Å². The first-order valence-corrected chi connectivity index (χ1v) is 8.76. The first kappa shape index (κ1) is 16.2. The van der Waals surface area contributed by atoms with E-state index >= 15 is 0 Å². The van der Waals surface area contributed by atoms with E-state index in [1.165, 1.54) is 32.4 Å². The van der Waals surface area contributed by atoms with Crippen LogP contribution in [0.2, 0.25) is 0 Å². The molecule has 3 rings (SSSR count). The molecular formula is C19H27N3O. The molecule has 1 fully saturated rings. The Hall–Kier alpha value is -1.65. The maximum atomic E-state index is 10.5. The van der Waals surface area contributed by atoms with E-state index < -0.39 is 6.10 Å². The molecule has 124 valence electrons. The number of rotatable bonds is 6. The van der Waals surface area contributed by atoms with E-state index in [1.54, 1.807) is 0 Å². The van der Waals surface area contributed by atoms with E-state index in [4.69, 9.17) is 0 Å². The van der Waals surface area contributed by atoms with Gasteiger partial charge in [0.25, 0.3) is 0 Å². The molecule has 1 aromatic heterocycles. The van der Waals surface area contributed by atoms with Crippen molar-refractivity contribution in [2.75, 3.05) is 19.6 Å². The van der Waals surface area contributed by atoms with E-state index in [-0.39, 0.29) is 0 Å². The predicted octanol–water partition coefficient (Wildman–Crippen LogP) is 3.48. The number of likely N-dealkylation sites (tertiary alicyclic amines) is 1. The highest BCUT2D eigenvalue weighted by molar-refractivity contribution is 5.35. The van der Waals surface area contributed by atoms with Crippen LogP contribution in [0.3, 0.4) is 0 Å². The Kier molecular flexibility index (Phi) is 5.47. The van der Waals surface area contributed by atoms with Crippen molar-refractivity contribution in [3.63, 3.8) is 0 Å². The Labute approximate surface area is 138 Å². The summed E-state index contributed by atoms with van der Waals surface area (Å²) in [6, 6.07) is 10.1. The molecule has 0 aliphatic carbocycles. The van der Waals surface area contributed by atoms with Crippen LogP contribution in [0.25, 0.3) is 5.69 Å². The van der Waals surface area contributed by atoms with Gasteiger partial charge in [-0.15, -0.1) is 0 Å². The number of piperidine rings is 1.